The number of fused-ring (bicyclic) bond motifs is 3. The molecule has 0 unspecified atom stereocenters. The zero-order chi connectivity index (χ0) is 34.5. The molecule has 199 valence electrons. The monoisotopic (exact) mass is 698 g/mol. The summed E-state index contributed by atoms with van der Waals surface area (Å²) in [5.41, 5.74) is 4.69. The van der Waals surface area contributed by atoms with E-state index >= 15 is 0 Å². The molecule has 0 saturated heterocycles. The predicted octanol–water partition coefficient (Wildman–Crippen LogP) is 9.55. The summed E-state index contributed by atoms with van der Waals surface area (Å²) in [7, 11) is 0. The van der Waals surface area contributed by atoms with Crippen molar-refractivity contribution in [3.63, 3.8) is 0 Å². The Hall–Kier alpha value is -3.59. The molecule has 0 amide bonds. The van der Waals surface area contributed by atoms with Crippen LogP contribution in [0.5, 0.6) is 0 Å². The maximum atomic E-state index is 8.49. The molecule has 3 nitrogen and oxygen atoms in total. The van der Waals surface area contributed by atoms with Crippen LogP contribution >= 0.6 is 0 Å². The number of rotatable bonds is 4. The van der Waals surface area contributed by atoms with Gasteiger partial charge in [0, 0.05) is 39.2 Å². The summed E-state index contributed by atoms with van der Waals surface area (Å²) in [6.07, 6.45) is 1.48. The van der Waals surface area contributed by atoms with Gasteiger partial charge in [-0.05, 0) is 54.7 Å². The Kier molecular flexibility index (Phi) is 5.98. The average molecular weight is 698 g/mol. The topological polar surface area (TPSA) is 38.9 Å². The average Bonchev–Trinajstić information content (AvgIpc) is 3.42. The molecule has 0 saturated carbocycles. The molecule has 0 N–H and O–H groups in total. The molecule has 0 fully saturated rings. The van der Waals surface area contributed by atoms with Crippen LogP contribution < -0.4 is 0 Å². The number of hydrogen-bond donors (Lipinski definition) is 0. The maximum Gasteiger partial charge on any atom is 0.121 e. The second kappa shape index (κ2) is 12.5. The van der Waals surface area contributed by atoms with E-state index in [1.54, 1.807) is 0 Å². The molecule has 6 aromatic rings. The van der Waals surface area contributed by atoms with Crippen molar-refractivity contribution in [3.05, 3.63) is 120 Å². The van der Waals surface area contributed by atoms with E-state index in [9.17, 15) is 0 Å². The quantitative estimate of drug-likeness (QED) is 0.172. The zero-order valence-electron chi connectivity index (χ0n) is 31.3. The number of aryl methyl sites for hydroxylation is 1. The molecule has 0 bridgehead atoms. The van der Waals surface area contributed by atoms with Crippen LogP contribution in [0.2, 0.25) is 0 Å². The van der Waals surface area contributed by atoms with Crippen LogP contribution in [0.25, 0.3) is 44.5 Å². The van der Waals surface area contributed by atoms with Gasteiger partial charge in [-0.1, -0.05) is 74.4 Å². The van der Waals surface area contributed by atoms with Crippen molar-refractivity contribution < 1.29 is 36.9 Å². The summed E-state index contributed by atoms with van der Waals surface area (Å²) in [5, 5.41) is 0.373. The first-order chi connectivity index (χ1) is 22.0. The van der Waals surface area contributed by atoms with Gasteiger partial charge < -0.3 is 14.4 Å². The van der Waals surface area contributed by atoms with E-state index in [0.29, 0.717) is 5.92 Å². The third kappa shape index (κ3) is 6.03. The molecule has 1 radical (unpaired) electrons. The van der Waals surface area contributed by atoms with Crippen molar-refractivity contribution in [2.45, 2.75) is 46.4 Å². The van der Waals surface area contributed by atoms with E-state index in [1.807, 2.05) is 30.5 Å². The van der Waals surface area contributed by atoms with E-state index < -0.39 is 36.2 Å². The van der Waals surface area contributed by atoms with Gasteiger partial charge in [-0.2, -0.15) is 0 Å². The van der Waals surface area contributed by atoms with Crippen LogP contribution in [-0.4, -0.2) is 9.97 Å². The van der Waals surface area contributed by atoms with E-state index in [-0.39, 0.29) is 77.0 Å². The number of nitrogens with zero attached hydrogens (tertiary/aromatic N) is 2. The van der Waals surface area contributed by atoms with Gasteiger partial charge in [-0.25, -0.2) is 0 Å². The molecular weight excluding hydrogens is 657 g/mol. The van der Waals surface area contributed by atoms with E-state index in [2.05, 4.69) is 48.9 Å². The largest absolute Gasteiger partial charge is 0.501 e. The molecule has 3 aromatic carbocycles. The van der Waals surface area contributed by atoms with Crippen LogP contribution in [0, 0.1) is 19.1 Å². The zero-order valence-corrected chi connectivity index (χ0v) is 24.6. The molecule has 0 aliphatic carbocycles. The van der Waals surface area contributed by atoms with E-state index in [1.165, 1.54) is 31.0 Å². The first-order valence-electron chi connectivity index (χ1n) is 16.8. The molecule has 3 aromatic heterocycles. The van der Waals surface area contributed by atoms with Gasteiger partial charge in [0.05, 0.1) is 15.2 Å². The maximum absolute atomic E-state index is 8.49. The predicted molar refractivity (Wildman–Crippen MR) is 157 cm³/mol. The summed E-state index contributed by atoms with van der Waals surface area (Å²) >= 11 is 0. The standard InChI is InChI=1S/C20H16NO.C15H16N.Ir/c1-13(2)14-7-6-11-18-19(14)16-9-5-8-15(20(16)22-18)17-10-3-4-12-21-17;1-11(2)14-10-16-15(9-12(14)3)13-7-5-4-6-8-13;/h3-7,9-13H,1-2H3;4-7,9-11H,1-3H3;/q2*-1;/i3D,4D,6D,7D,9D,10D,11D,12D,13D;;. The fourth-order valence-corrected chi connectivity index (χ4v) is 4.30. The molecule has 6 rings (SSSR count). The van der Waals surface area contributed by atoms with Crippen LogP contribution in [0.15, 0.2) is 95.5 Å². The van der Waals surface area contributed by atoms with Crippen LogP contribution in [0.4, 0.5) is 0 Å². The molecule has 0 spiro atoms. The normalized spacial score (nSPS) is 14.5. The van der Waals surface area contributed by atoms with Crippen molar-refractivity contribution in [2.75, 3.05) is 0 Å². The fourth-order valence-electron chi connectivity index (χ4n) is 4.30. The van der Waals surface area contributed by atoms with Gasteiger partial charge in [-0.3, -0.25) is 0 Å². The van der Waals surface area contributed by atoms with Crippen LogP contribution in [0.3, 0.4) is 0 Å². The summed E-state index contributed by atoms with van der Waals surface area (Å²) in [6, 6.07) is 14.8. The molecule has 39 heavy (non-hydrogen) atoms. The minimum Gasteiger partial charge on any atom is -0.501 e. The van der Waals surface area contributed by atoms with Crippen molar-refractivity contribution in [3.8, 4) is 22.5 Å². The van der Waals surface area contributed by atoms with E-state index in [0.717, 1.165) is 11.3 Å². The third-order valence-electron chi connectivity index (χ3n) is 6.14. The Bertz CT molecular complexity index is 2160. The molecule has 4 heteroatoms. The van der Waals surface area contributed by atoms with Gasteiger partial charge in [0.25, 0.3) is 0 Å². The number of aromatic nitrogens is 2. The van der Waals surface area contributed by atoms with Crippen LogP contribution in [0.1, 0.15) is 68.5 Å². The van der Waals surface area contributed by atoms with E-state index in [4.69, 9.17) is 16.8 Å². The van der Waals surface area contributed by atoms with Crippen molar-refractivity contribution in [1.82, 2.24) is 9.97 Å². The van der Waals surface area contributed by atoms with Gasteiger partial charge >= 0.3 is 0 Å². The first-order valence-corrected chi connectivity index (χ1v) is 12.3. The Labute approximate surface area is 257 Å². The number of furan rings is 1. The van der Waals surface area contributed by atoms with Crippen molar-refractivity contribution in [2.24, 2.45) is 0 Å². The summed E-state index contributed by atoms with van der Waals surface area (Å²) in [4.78, 5) is 8.44. The second-order valence-electron chi connectivity index (χ2n) is 9.37. The molecule has 3 heterocycles. The minimum absolute atomic E-state index is 0. The Morgan fingerprint density at radius 1 is 0.897 bits per heavy atom. The smallest absolute Gasteiger partial charge is 0.121 e. The Morgan fingerprint density at radius 2 is 1.74 bits per heavy atom. The number of hydrogen-bond acceptors (Lipinski definition) is 3. The Balaban J connectivity index is 0.000000258. The molecular formula is C35H32IrN2O-2. The summed E-state index contributed by atoms with van der Waals surface area (Å²) < 4.78 is 79.1. The van der Waals surface area contributed by atoms with Gasteiger partial charge in [0.2, 0.25) is 0 Å². The fraction of sp³-hybridized carbons (Fsp3) is 0.200. The van der Waals surface area contributed by atoms with Gasteiger partial charge in [-0.15, -0.1) is 54.1 Å². The van der Waals surface area contributed by atoms with Gasteiger partial charge in [0.1, 0.15) is 5.58 Å². The first kappa shape index (κ1) is 18.7. The molecule has 0 aliphatic rings. The minimum atomic E-state index is -1.34. The van der Waals surface area contributed by atoms with Gasteiger partial charge in [0.15, 0.2) is 0 Å². The SMILES string of the molecule is Cc1cc(-c2[c-]cccc2)ncc1C(C)C.[2H]c1nc(-c2[c-]cc([2H])c3c2oc2c([2H])c([2H])c([2H])c(C([2H])(C)C)c23)c([2H])c([2H])c1[2H].[Ir]. The van der Waals surface area contributed by atoms with Crippen LogP contribution in [-0.2, 0) is 20.1 Å². The number of benzene rings is 3. The number of pyridine rings is 2. The second-order valence-corrected chi connectivity index (χ2v) is 9.37. The van der Waals surface area contributed by atoms with Crippen molar-refractivity contribution >= 4 is 21.9 Å². The molecule has 0 aliphatic heterocycles. The third-order valence-corrected chi connectivity index (χ3v) is 6.14. The summed E-state index contributed by atoms with van der Waals surface area (Å²) in [6.45, 7) is 9.60. The Morgan fingerprint density at radius 3 is 2.46 bits per heavy atom. The molecule has 0 atom stereocenters. The summed E-state index contributed by atoms with van der Waals surface area (Å²) in [5.74, 6) is -0.808. The van der Waals surface area contributed by atoms with Crippen molar-refractivity contribution in [1.29, 1.82) is 0 Å².